The molecule has 1 aliphatic rings. The Morgan fingerprint density at radius 1 is 1.22 bits per heavy atom. The molecule has 1 aromatic carbocycles. The van der Waals surface area contributed by atoms with Gasteiger partial charge in [-0.15, -0.1) is 0 Å². The average molecular weight is 369 g/mol. The minimum absolute atomic E-state index is 0.0346. The zero-order valence-electron chi connectivity index (χ0n) is 15.2. The fourth-order valence-electron chi connectivity index (χ4n) is 3.04. The maximum atomic E-state index is 12.5. The molecule has 0 saturated carbocycles. The molecule has 0 unspecified atom stereocenters. The van der Waals surface area contributed by atoms with E-state index in [0.29, 0.717) is 24.7 Å². The topological polar surface area (TPSA) is 96.5 Å². The number of hydrogen-bond acceptors (Lipinski definition) is 6. The van der Waals surface area contributed by atoms with Crippen LogP contribution in [-0.2, 0) is 16.1 Å². The fraction of sp³-hybridized carbons (Fsp3) is 0.368. The predicted octanol–water partition coefficient (Wildman–Crippen LogP) is 2.19. The molecule has 0 bridgehead atoms. The highest BCUT2D eigenvalue weighted by Gasteiger charge is 2.26. The Bertz CT molecular complexity index is 767. The highest BCUT2D eigenvalue weighted by molar-refractivity contribution is 5.84. The van der Waals surface area contributed by atoms with Gasteiger partial charge in [-0.25, -0.2) is 14.8 Å². The van der Waals surface area contributed by atoms with Gasteiger partial charge in [0.05, 0.1) is 13.0 Å². The first-order valence-electron chi connectivity index (χ1n) is 8.89. The molecule has 1 aliphatic heterocycles. The van der Waals surface area contributed by atoms with Crippen molar-refractivity contribution in [1.82, 2.24) is 15.3 Å². The predicted molar refractivity (Wildman–Crippen MR) is 101 cm³/mol. The van der Waals surface area contributed by atoms with Gasteiger partial charge in [-0.3, -0.25) is 10.1 Å². The standard InChI is InChI=1S/C19H23N5O3/c1-27-19(26)23-16-7-5-14(6-8-16)12-22-17(25)15-4-2-11-24(13-15)18-20-9-3-10-21-18/h3,5-10,15H,2,4,11-13H2,1H3,(H,22,25)(H,23,26)/t15-/m1/s1. The molecule has 1 fully saturated rings. The third-order valence-electron chi connectivity index (χ3n) is 4.48. The van der Waals surface area contributed by atoms with E-state index in [0.717, 1.165) is 24.9 Å². The molecule has 2 aromatic rings. The normalized spacial score (nSPS) is 16.5. The van der Waals surface area contributed by atoms with E-state index in [1.165, 1.54) is 7.11 Å². The van der Waals surface area contributed by atoms with Crippen molar-refractivity contribution in [1.29, 1.82) is 0 Å². The molecule has 1 saturated heterocycles. The van der Waals surface area contributed by atoms with E-state index < -0.39 is 6.09 Å². The fourth-order valence-corrected chi connectivity index (χ4v) is 3.04. The molecule has 2 N–H and O–H groups in total. The van der Waals surface area contributed by atoms with E-state index in [1.54, 1.807) is 30.6 Å². The molecule has 0 radical (unpaired) electrons. The zero-order chi connectivity index (χ0) is 19.1. The van der Waals surface area contributed by atoms with Gasteiger partial charge in [-0.1, -0.05) is 12.1 Å². The molecular weight excluding hydrogens is 346 g/mol. The number of nitrogens with zero attached hydrogens (tertiary/aromatic N) is 3. The second kappa shape index (κ2) is 8.98. The Balaban J connectivity index is 1.50. The van der Waals surface area contributed by atoms with E-state index in [1.807, 2.05) is 12.1 Å². The van der Waals surface area contributed by atoms with Gasteiger partial charge < -0.3 is 15.0 Å². The third kappa shape index (κ3) is 5.16. The van der Waals surface area contributed by atoms with Crippen molar-refractivity contribution in [3.8, 4) is 0 Å². The van der Waals surface area contributed by atoms with Gasteiger partial charge in [0.1, 0.15) is 0 Å². The number of carbonyl (C=O) groups is 2. The van der Waals surface area contributed by atoms with E-state index in [2.05, 4.69) is 30.2 Å². The summed E-state index contributed by atoms with van der Waals surface area (Å²) in [6.45, 7) is 1.93. The van der Waals surface area contributed by atoms with Crippen LogP contribution in [0, 0.1) is 5.92 Å². The van der Waals surface area contributed by atoms with Crippen LogP contribution in [0.5, 0.6) is 0 Å². The van der Waals surface area contributed by atoms with Crippen molar-refractivity contribution < 1.29 is 14.3 Å². The lowest BCUT2D eigenvalue weighted by Gasteiger charge is -2.31. The quantitative estimate of drug-likeness (QED) is 0.839. The summed E-state index contributed by atoms with van der Waals surface area (Å²) in [4.78, 5) is 34.3. The van der Waals surface area contributed by atoms with Crippen LogP contribution in [0.15, 0.2) is 42.7 Å². The van der Waals surface area contributed by atoms with Crippen LogP contribution < -0.4 is 15.5 Å². The van der Waals surface area contributed by atoms with Crippen molar-refractivity contribution in [2.45, 2.75) is 19.4 Å². The molecule has 27 heavy (non-hydrogen) atoms. The molecule has 0 spiro atoms. The number of rotatable bonds is 5. The van der Waals surface area contributed by atoms with Crippen molar-refractivity contribution in [3.05, 3.63) is 48.3 Å². The number of ether oxygens (including phenoxy) is 1. The van der Waals surface area contributed by atoms with E-state index >= 15 is 0 Å². The first kappa shape index (κ1) is 18.6. The number of carbonyl (C=O) groups excluding carboxylic acids is 2. The van der Waals surface area contributed by atoms with Gasteiger partial charge >= 0.3 is 6.09 Å². The third-order valence-corrected chi connectivity index (χ3v) is 4.48. The van der Waals surface area contributed by atoms with Gasteiger partial charge in [0.15, 0.2) is 0 Å². The first-order valence-corrected chi connectivity index (χ1v) is 8.89. The van der Waals surface area contributed by atoms with Crippen molar-refractivity contribution >= 4 is 23.6 Å². The molecule has 1 atom stereocenters. The van der Waals surface area contributed by atoms with Crippen molar-refractivity contribution in [3.63, 3.8) is 0 Å². The minimum atomic E-state index is -0.514. The molecule has 142 valence electrons. The number of benzene rings is 1. The summed E-state index contributed by atoms with van der Waals surface area (Å²) in [6.07, 6.45) is 4.71. The van der Waals surface area contributed by atoms with Gasteiger partial charge in [0, 0.05) is 37.7 Å². The van der Waals surface area contributed by atoms with Crippen LogP contribution in [0.25, 0.3) is 0 Å². The summed E-state index contributed by atoms with van der Waals surface area (Å²) >= 11 is 0. The second-order valence-electron chi connectivity index (χ2n) is 6.37. The van der Waals surface area contributed by atoms with E-state index in [9.17, 15) is 9.59 Å². The van der Waals surface area contributed by atoms with Crippen LogP contribution >= 0.6 is 0 Å². The molecule has 3 rings (SSSR count). The maximum absolute atomic E-state index is 12.5. The first-order chi connectivity index (χ1) is 13.2. The number of aromatic nitrogens is 2. The number of amides is 2. The number of methoxy groups -OCH3 is 1. The van der Waals surface area contributed by atoms with Crippen molar-refractivity contribution in [2.24, 2.45) is 5.92 Å². The SMILES string of the molecule is COC(=O)Nc1ccc(CNC(=O)[C@@H]2CCCN(c3ncccn3)C2)cc1. The minimum Gasteiger partial charge on any atom is -0.453 e. The molecule has 2 heterocycles. The number of nitrogens with one attached hydrogen (secondary N) is 2. The highest BCUT2D eigenvalue weighted by atomic mass is 16.5. The van der Waals surface area contributed by atoms with Crippen molar-refractivity contribution in [2.75, 3.05) is 30.4 Å². The molecular formula is C19H23N5O3. The molecule has 8 nitrogen and oxygen atoms in total. The Labute approximate surface area is 158 Å². The number of anilines is 2. The van der Waals surface area contributed by atoms with Crippen LogP contribution in [0.4, 0.5) is 16.4 Å². The second-order valence-corrected chi connectivity index (χ2v) is 6.37. The van der Waals surface area contributed by atoms with E-state index in [4.69, 9.17) is 0 Å². The van der Waals surface area contributed by atoms with Crippen LogP contribution in [0.3, 0.4) is 0 Å². The Morgan fingerprint density at radius 3 is 2.67 bits per heavy atom. The van der Waals surface area contributed by atoms with Crippen LogP contribution in [0.2, 0.25) is 0 Å². The Morgan fingerprint density at radius 2 is 1.96 bits per heavy atom. The van der Waals surface area contributed by atoms with Crippen LogP contribution in [0.1, 0.15) is 18.4 Å². The van der Waals surface area contributed by atoms with Gasteiger partial charge in [0.2, 0.25) is 11.9 Å². The van der Waals surface area contributed by atoms with Gasteiger partial charge in [-0.2, -0.15) is 0 Å². The number of hydrogen-bond donors (Lipinski definition) is 2. The summed E-state index contributed by atoms with van der Waals surface area (Å²) in [6, 6.07) is 9.04. The zero-order valence-corrected chi connectivity index (χ0v) is 15.2. The van der Waals surface area contributed by atoms with Gasteiger partial charge in [-0.05, 0) is 36.6 Å². The lowest BCUT2D eigenvalue weighted by Crippen LogP contribution is -2.43. The molecule has 0 aliphatic carbocycles. The summed E-state index contributed by atoms with van der Waals surface area (Å²) < 4.78 is 4.55. The Hall–Kier alpha value is -3.16. The summed E-state index contributed by atoms with van der Waals surface area (Å²) in [5.41, 5.74) is 1.60. The molecule has 2 amide bonds. The van der Waals surface area contributed by atoms with E-state index in [-0.39, 0.29) is 11.8 Å². The largest absolute Gasteiger partial charge is 0.453 e. The lowest BCUT2D eigenvalue weighted by atomic mass is 9.97. The summed E-state index contributed by atoms with van der Waals surface area (Å²) in [7, 11) is 1.32. The number of piperidine rings is 1. The molecule has 8 heteroatoms. The average Bonchev–Trinajstić information content (AvgIpc) is 2.73. The highest BCUT2D eigenvalue weighted by Crippen LogP contribution is 2.20. The summed E-state index contributed by atoms with van der Waals surface area (Å²) in [5, 5.41) is 5.58. The Kier molecular flexibility index (Phi) is 6.19. The summed E-state index contributed by atoms with van der Waals surface area (Å²) in [5.74, 6) is 0.624. The maximum Gasteiger partial charge on any atom is 0.411 e. The van der Waals surface area contributed by atoms with Crippen LogP contribution in [-0.4, -0.2) is 42.2 Å². The van der Waals surface area contributed by atoms with Gasteiger partial charge in [0.25, 0.3) is 0 Å². The smallest absolute Gasteiger partial charge is 0.411 e. The monoisotopic (exact) mass is 369 g/mol. The molecule has 1 aromatic heterocycles. The lowest BCUT2D eigenvalue weighted by molar-refractivity contribution is -0.125.